The van der Waals surface area contributed by atoms with Crippen molar-refractivity contribution in [1.82, 2.24) is 0 Å². The maximum absolute atomic E-state index is 14.4. The molecule has 1 aliphatic heterocycles. The first-order valence-electron chi connectivity index (χ1n) is 19.6. The summed E-state index contributed by atoms with van der Waals surface area (Å²) in [5.41, 5.74) is 4.87. The second-order valence-corrected chi connectivity index (χ2v) is 21.6. The third-order valence-corrected chi connectivity index (χ3v) is 17.4. The molecule has 2 N–H and O–H groups in total. The van der Waals surface area contributed by atoms with Gasteiger partial charge in [-0.05, 0) is 82.7 Å². The molecule has 0 spiro atoms. The molecule has 6 nitrogen and oxygen atoms in total. The molecule has 0 amide bonds. The Balaban J connectivity index is 1.33. The number of ketones is 2. The molecule has 4 aromatic rings. The Hall–Kier alpha value is -3.86. The lowest BCUT2D eigenvalue weighted by Gasteiger charge is -2.48. The Morgan fingerprint density at radius 1 is 0.891 bits per heavy atom. The van der Waals surface area contributed by atoms with Crippen LogP contribution >= 0.6 is 15.9 Å². The Labute approximate surface area is 335 Å². The molecule has 4 atom stereocenters. The van der Waals surface area contributed by atoms with Crippen molar-refractivity contribution in [3.8, 4) is 5.75 Å². The average molecular weight is 818 g/mol. The minimum atomic E-state index is -2.97. The molecule has 55 heavy (non-hydrogen) atoms. The van der Waals surface area contributed by atoms with Crippen molar-refractivity contribution in [2.75, 3.05) is 6.61 Å². The van der Waals surface area contributed by atoms with E-state index in [0.29, 0.717) is 30.4 Å². The molecule has 0 unspecified atom stereocenters. The summed E-state index contributed by atoms with van der Waals surface area (Å²) in [4.78, 5) is 28.8. The van der Waals surface area contributed by atoms with E-state index in [1.807, 2.05) is 36.4 Å². The molecule has 0 bridgehead atoms. The fourth-order valence-electron chi connectivity index (χ4n) is 9.53. The third kappa shape index (κ3) is 7.66. The second kappa shape index (κ2) is 16.3. The van der Waals surface area contributed by atoms with E-state index >= 15 is 0 Å². The molecule has 1 fully saturated rings. The van der Waals surface area contributed by atoms with Gasteiger partial charge in [-0.3, -0.25) is 9.59 Å². The predicted octanol–water partition coefficient (Wildman–Crippen LogP) is 9.20. The van der Waals surface area contributed by atoms with E-state index in [4.69, 9.17) is 9.08 Å². The Bertz CT molecular complexity index is 2070. The number of aromatic hydroxyl groups is 1. The summed E-state index contributed by atoms with van der Waals surface area (Å²) < 4.78 is 14.9. The zero-order valence-electron chi connectivity index (χ0n) is 32.1. The Morgan fingerprint density at radius 2 is 1.51 bits per heavy atom. The van der Waals surface area contributed by atoms with Crippen molar-refractivity contribution in [2.24, 2.45) is 17.8 Å². The van der Waals surface area contributed by atoms with Crippen LogP contribution in [0, 0.1) is 17.8 Å². The predicted molar refractivity (Wildman–Crippen MR) is 226 cm³/mol. The topological polar surface area (TPSA) is 93.1 Å². The van der Waals surface area contributed by atoms with Crippen LogP contribution in [0.5, 0.6) is 5.75 Å². The Kier molecular flexibility index (Phi) is 11.7. The van der Waals surface area contributed by atoms with Gasteiger partial charge in [-0.15, -0.1) is 0 Å². The molecule has 0 saturated carbocycles. The summed E-state index contributed by atoms with van der Waals surface area (Å²) in [6.45, 7) is 9.18. The number of hydrogen-bond acceptors (Lipinski definition) is 6. The van der Waals surface area contributed by atoms with E-state index in [2.05, 4.69) is 98.2 Å². The lowest BCUT2D eigenvalue weighted by Crippen LogP contribution is -2.66. The quantitative estimate of drug-likeness (QED) is 0.116. The molecule has 0 radical (unpaired) electrons. The highest BCUT2D eigenvalue weighted by Gasteiger charge is 2.55. The highest BCUT2D eigenvalue weighted by molar-refractivity contribution is 9.10. The number of hydrogen-bond donors (Lipinski definition) is 2. The number of Topliss-reactive ketones (excluding diaryl/α,β-unsaturated/α-hetero) is 2. The molecule has 284 valence electrons. The van der Waals surface area contributed by atoms with Gasteiger partial charge in [0.05, 0.1) is 12.7 Å². The van der Waals surface area contributed by atoms with Gasteiger partial charge >= 0.3 is 7.12 Å². The molecule has 4 aromatic carbocycles. The largest absolute Gasteiger partial charge is 0.507 e. The molecule has 0 aromatic heterocycles. The van der Waals surface area contributed by atoms with Gasteiger partial charge < -0.3 is 19.2 Å². The van der Waals surface area contributed by atoms with Crippen LogP contribution in [0.15, 0.2) is 124 Å². The summed E-state index contributed by atoms with van der Waals surface area (Å²) in [5.74, 6) is -1.33. The number of benzene rings is 4. The van der Waals surface area contributed by atoms with E-state index < -0.39 is 33.4 Å². The summed E-state index contributed by atoms with van der Waals surface area (Å²) in [7, 11) is -4.05. The van der Waals surface area contributed by atoms with Crippen LogP contribution < -0.4 is 10.4 Å². The summed E-state index contributed by atoms with van der Waals surface area (Å²) in [6.07, 6.45) is 5.21. The molecule has 2 aliphatic carbocycles. The maximum Gasteiger partial charge on any atom is 0.455 e. The smallest absolute Gasteiger partial charge is 0.455 e. The molecule has 3 aliphatic rings. The molecule has 7 rings (SSSR count). The van der Waals surface area contributed by atoms with Gasteiger partial charge in [0.1, 0.15) is 5.75 Å². The summed E-state index contributed by atoms with van der Waals surface area (Å²) in [5, 5.41) is 24.1. The highest BCUT2D eigenvalue weighted by atomic mass is 79.9. The molecule has 1 heterocycles. The van der Waals surface area contributed by atoms with Crippen molar-refractivity contribution < 1.29 is 28.8 Å². The van der Waals surface area contributed by atoms with Crippen molar-refractivity contribution in [1.29, 1.82) is 0 Å². The Morgan fingerprint density at radius 3 is 2.13 bits per heavy atom. The molecular formula is C46H50BBrO6Si. The minimum Gasteiger partial charge on any atom is -0.507 e. The fourth-order valence-corrected chi connectivity index (χ4v) is 14.5. The van der Waals surface area contributed by atoms with Crippen LogP contribution in [0.3, 0.4) is 0 Å². The lowest BCUT2D eigenvalue weighted by atomic mass is 9.54. The standard InChI is InChI=1S/C46H50BBrO6Si/c1-5-14-30(25-31-26-33(48)22-23-40(31)49)21-24-41-42-32(29-53-55(46(2,3)4,34-15-8-6-9-16-34)35-17-10-7-11-18-35)27-38-43(39(42)28-47(52)54-41)45(51)37-20-13-12-19-36(37)44(38)50/h6-13,15-20,22-23,25-26,38-39,41,43,49,52H,5,14,21,24,27-29H2,1-4H3/b30-25+/t38-,39+,41-,43-/m1/s1. The van der Waals surface area contributed by atoms with Gasteiger partial charge in [-0.1, -0.05) is 147 Å². The average Bonchev–Trinajstić information content (AvgIpc) is 3.17. The number of allylic oxidation sites excluding steroid dienone is 1. The van der Waals surface area contributed by atoms with Gasteiger partial charge in [-0.2, -0.15) is 0 Å². The number of phenols is 1. The number of halogens is 1. The van der Waals surface area contributed by atoms with Gasteiger partial charge in [0, 0.05) is 33.0 Å². The number of rotatable bonds is 11. The van der Waals surface area contributed by atoms with E-state index in [1.165, 1.54) is 10.4 Å². The van der Waals surface area contributed by atoms with Gasteiger partial charge in [-0.25, -0.2) is 0 Å². The number of carbonyl (C=O) groups is 2. The van der Waals surface area contributed by atoms with Gasteiger partial charge in [0.2, 0.25) is 0 Å². The van der Waals surface area contributed by atoms with Crippen molar-refractivity contribution in [2.45, 2.75) is 77.3 Å². The first-order chi connectivity index (χ1) is 26.4. The molecule has 9 heteroatoms. The first-order valence-corrected chi connectivity index (χ1v) is 22.3. The first kappa shape index (κ1) is 39.4. The zero-order valence-corrected chi connectivity index (χ0v) is 34.7. The van der Waals surface area contributed by atoms with Crippen LogP contribution in [0.4, 0.5) is 0 Å². The SMILES string of the molecule is CCC/C(=C\c1cc(Br)ccc1O)CC[C@H]1OB(O)C[C@H]2C1=C(CO[Si](c1ccccc1)(c1ccccc1)C(C)(C)C)C[C@H]1C(=O)c3ccccc3C(=O)[C@H]12. The number of phenolic OH excluding ortho intramolecular Hbond substituents is 1. The molecular weight excluding hydrogens is 767 g/mol. The van der Waals surface area contributed by atoms with Crippen molar-refractivity contribution in [3.63, 3.8) is 0 Å². The van der Waals surface area contributed by atoms with Gasteiger partial charge in [0.15, 0.2) is 11.6 Å². The maximum atomic E-state index is 14.4. The van der Waals surface area contributed by atoms with E-state index in [9.17, 15) is 19.7 Å². The monoisotopic (exact) mass is 816 g/mol. The second-order valence-electron chi connectivity index (χ2n) is 16.3. The number of carbonyl (C=O) groups excluding carboxylic acids is 2. The number of fused-ring (bicyclic) bond motifs is 4. The van der Waals surface area contributed by atoms with E-state index in [0.717, 1.165) is 39.6 Å². The van der Waals surface area contributed by atoms with Crippen LogP contribution in [0.2, 0.25) is 11.4 Å². The van der Waals surface area contributed by atoms with Crippen molar-refractivity contribution in [3.05, 3.63) is 141 Å². The van der Waals surface area contributed by atoms with Gasteiger partial charge in [0.25, 0.3) is 8.32 Å². The van der Waals surface area contributed by atoms with Crippen LogP contribution in [-0.2, 0) is 9.08 Å². The molecule has 1 saturated heterocycles. The highest BCUT2D eigenvalue weighted by Crippen LogP contribution is 2.51. The van der Waals surface area contributed by atoms with Crippen molar-refractivity contribution >= 4 is 59.4 Å². The zero-order chi connectivity index (χ0) is 38.9. The fraction of sp³-hybridized carbons (Fsp3) is 0.348. The minimum absolute atomic E-state index is 0.0123. The van der Waals surface area contributed by atoms with Crippen LogP contribution in [-0.4, -0.2) is 49.8 Å². The normalized spacial score (nSPS) is 21.6. The summed E-state index contributed by atoms with van der Waals surface area (Å²) in [6, 6.07) is 33.7. The lowest BCUT2D eigenvalue weighted by molar-refractivity contribution is 0.0591. The van der Waals surface area contributed by atoms with Crippen LogP contribution in [0.1, 0.15) is 86.1 Å². The third-order valence-electron chi connectivity index (χ3n) is 11.9. The van der Waals surface area contributed by atoms with Crippen LogP contribution in [0.25, 0.3) is 6.08 Å². The van der Waals surface area contributed by atoms with E-state index in [-0.39, 0.29) is 41.2 Å². The summed E-state index contributed by atoms with van der Waals surface area (Å²) >= 11 is 3.54. The van der Waals surface area contributed by atoms with E-state index in [1.54, 1.807) is 18.2 Å².